The number of nitrogens with one attached hydrogen (secondary N) is 1. The average Bonchev–Trinajstić information content (AvgIpc) is 3.04. The molecule has 2 aliphatic rings. The van der Waals surface area contributed by atoms with Gasteiger partial charge in [-0.25, -0.2) is 0 Å². The van der Waals surface area contributed by atoms with Crippen molar-refractivity contribution < 1.29 is 29.3 Å². The fourth-order valence-corrected chi connectivity index (χ4v) is 4.19. The van der Waals surface area contributed by atoms with E-state index in [4.69, 9.17) is 4.74 Å². The smallest absolute Gasteiger partial charge is 0.194 e. The summed E-state index contributed by atoms with van der Waals surface area (Å²) in [7, 11) is 0. The van der Waals surface area contributed by atoms with Crippen molar-refractivity contribution in [1.82, 2.24) is 10.3 Å². The van der Waals surface area contributed by atoms with Gasteiger partial charge in [-0.3, -0.25) is 19.4 Å². The third kappa shape index (κ3) is 2.90. The Morgan fingerprint density at radius 1 is 1.16 bits per heavy atom. The molecule has 1 aromatic carbocycles. The topological polar surface area (TPSA) is 126 Å². The molecule has 0 unspecified atom stereocenters. The van der Waals surface area contributed by atoms with Gasteiger partial charge in [-0.2, -0.15) is 0 Å². The first-order valence-corrected chi connectivity index (χ1v) is 10.0. The van der Waals surface area contributed by atoms with E-state index in [0.717, 1.165) is 5.56 Å². The normalized spacial score (nSPS) is 20.8. The van der Waals surface area contributed by atoms with Gasteiger partial charge in [0.1, 0.15) is 34.0 Å². The Kier molecular flexibility index (Phi) is 4.88. The molecule has 1 aliphatic heterocycles. The van der Waals surface area contributed by atoms with E-state index in [1.165, 1.54) is 26.8 Å². The van der Waals surface area contributed by atoms with Gasteiger partial charge in [-0.05, 0) is 45.4 Å². The van der Waals surface area contributed by atoms with Crippen molar-refractivity contribution in [3.8, 4) is 17.2 Å². The molecular weight excluding hydrogens is 412 g/mol. The Hall–Kier alpha value is -3.94. The summed E-state index contributed by atoms with van der Waals surface area (Å²) in [6.45, 7) is 6.24. The lowest BCUT2D eigenvalue weighted by Crippen LogP contribution is -2.41. The van der Waals surface area contributed by atoms with Crippen LogP contribution < -0.4 is 10.1 Å². The number of Topliss-reactive ketones (excluding diaryl/α,β-unsaturated/α-hetero) is 2. The number of pyridine rings is 1. The molecule has 0 radical (unpaired) electrons. The Morgan fingerprint density at radius 2 is 1.81 bits per heavy atom. The quantitative estimate of drug-likeness (QED) is 0.381. The molecule has 3 N–H and O–H groups in total. The lowest BCUT2D eigenvalue weighted by Gasteiger charge is -2.29. The number of phenols is 2. The van der Waals surface area contributed by atoms with Gasteiger partial charge in [0, 0.05) is 36.3 Å². The highest BCUT2D eigenvalue weighted by Crippen LogP contribution is 2.57. The maximum atomic E-state index is 13.7. The van der Waals surface area contributed by atoms with Crippen LogP contribution in [-0.2, 0) is 21.5 Å². The van der Waals surface area contributed by atoms with Crippen LogP contribution in [0.25, 0.3) is 0 Å². The Bertz CT molecular complexity index is 1260. The molecule has 8 heteroatoms. The van der Waals surface area contributed by atoms with Crippen LogP contribution in [-0.4, -0.2) is 32.5 Å². The first-order valence-electron chi connectivity index (χ1n) is 10.0. The summed E-state index contributed by atoms with van der Waals surface area (Å²) >= 11 is 0. The summed E-state index contributed by atoms with van der Waals surface area (Å²) in [4.78, 5) is 42.7. The van der Waals surface area contributed by atoms with E-state index in [9.17, 15) is 24.6 Å². The van der Waals surface area contributed by atoms with Crippen LogP contribution in [0.1, 0.15) is 47.8 Å². The number of fused-ring (bicyclic) bond motifs is 3. The van der Waals surface area contributed by atoms with Gasteiger partial charge in [0.25, 0.3) is 0 Å². The summed E-state index contributed by atoms with van der Waals surface area (Å²) in [6, 6.07) is 3.62. The van der Waals surface area contributed by atoms with Crippen molar-refractivity contribution in [1.29, 1.82) is 0 Å². The predicted octanol–water partition coefficient (Wildman–Crippen LogP) is 2.75. The fourth-order valence-electron chi connectivity index (χ4n) is 4.19. The van der Waals surface area contributed by atoms with E-state index >= 15 is 0 Å². The molecule has 2 heterocycles. The van der Waals surface area contributed by atoms with E-state index in [1.807, 2.05) is 12.1 Å². The van der Waals surface area contributed by atoms with E-state index in [0.29, 0.717) is 12.2 Å². The van der Waals surface area contributed by atoms with E-state index in [2.05, 4.69) is 10.3 Å². The standard InChI is InChI=1S/C24H22N2O6/c1-11-20(29)18(13(3)27)22-19(21(11)30)24(4)16(32-22)9-15(28)17(23(24)31)12(2)26-10-14-5-7-25-8-6-14/h5-9,26,29-30H,10H2,1-4H3/b17-12+/t24-/m0/s1. The number of carbonyl (C=O) groups is 3. The number of benzene rings is 1. The third-order valence-corrected chi connectivity index (χ3v) is 6.07. The first kappa shape index (κ1) is 21.3. The van der Waals surface area contributed by atoms with Crippen LogP contribution in [0.5, 0.6) is 17.2 Å². The average molecular weight is 434 g/mol. The second-order valence-corrected chi connectivity index (χ2v) is 8.10. The van der Waals surface area contributed by atoms with E-state index < -0.39 is 28.5 Å². The SMILES string of the molecule is CC(=O)c1c(O)c(C)c(O)c2c1OC1=CC(=O)/C(=C(/C)NCc3ccncc3)C(=O)[C@@]12C. The van der Waals surface area contributed by atoms with Crippen LogP contribution >= 0.6 is 0 Å². The molecule has 0 amide bonds. The molecule has 1 aromatic heterocycles. The molecule has 2 aromatic rings. The minimum Gasteiger partial charge on any atom is -0.507 e. The lowest BCUT2D eigenvalue weighted by atomic mass is 9.70. The zero-order valence-corrected chi connectivity index (χ0v) is 18.1. The monoisotopic (exact) mass is 434 g/mol. The molecule has 4 rings (SSSR count). The van der Waals surface area contributed by atoms with E-state index in [1.54, 1.807) is 19.3 Å². The molecule has 0 fully saturated rings. The van der Waals surface area contributed by atoms with Crippen molar-refractivity contribution >= 4 is 17.3 Å². The molecule has 0 spiro atoms. The Balaban J connectivity index is 1.85. The highest BCUT2D eigenvalue weighted by Gasteiger charge is 2.56. The molecule has 1 aliphatic carbocycles. The van der Waals surface area contributed by atoms with Gasteiger partial charge in [0.15, 0.2) is 17.3 Å². The van der Waals surface area contributed by atoms with Crippen molar-refractivity contribution in [2.45, 2.75) is 39.7 Å². The third-order valence-electron chi connectivity index (χ3n) is 6.07. The summed E-state index contributed by atoms with van der Waals surface area (Å²) < 4.78 is 5.75. The largest absolute Gasteiger partial charge is 0.507 e. The molecular formula is C24H22N2O6. The molecule has 0 saturated carbocycles. The first-order chi connectivity index (χ1) is 15.1. The number of aromatic nitrogens is 1. The van der Waals surface area contributed by atoms with Crippen LogP contribution in [0, 0.1) is 6.92 Å². The van der Waals surface area contributed by atoms with Crippen LogP contribution in [0.3, 0.4) is 0 Å². The lowest BCUT2D eigenvalue weighted by molar-refractivity contribution is -0.123. The summed E-state index contributed by atoms with van der Waals surface area (Å²) in [5, 5.41) is 24.3. The zero-order valence-electron chi connectivity index (χ0n) is 18.1. The predicted molar refractivity (Wildman–Crippen MR) is 114 cm³/mol. The van der Waals surface area contributed by atoms with Crippen LogP contribution in [0.2, 0.25) is 0 Å². The number of hydrogen-bond acceptors (Lipinski definition) is 8. The number of aromatic hydroxyl groups is 2. The number of hydrogen-bond donors (Lipinski definition) is 3. The number of ether oxygens (including phenoxy) is 1. The Morgan fingerprint density at radius 3 is 2.44 bits per heavy atom. The summed E-state index contributed by atoms with van der Waals surface area (Å²) in [5.41, 5.74) is -0.290. The number of rotatable bonds is 4. The molecule has 8 nitrogen and oxygen atoms in total. The molecule has 164 valence electrons. The fraction of sp³-hybridized carbons (Fsp3) is 0.250. The van der Waals surface area contributed by atoms with Crippen LogP contribution in [0.4, 0.5) is 0 Å². The molecule has 0 saturated heterocycles. The van der Waals surface area contributed by atoms with Gasteiger partial charge in [0.05, 0.1) is 11.1 Å². The maximum absolute atomic E-state index is 13.7. The minimum atomic E-state index is -1.52. The molecule has 1 atom stereocenters. The van der Waals surface area contributed by atoms with Gasteiger partial charge in [0.2, 0.25) is 0 Å². The van der Waals surface area contributed by atoms with Crippen molar-refractivity contribution in [2.75, 3.05) is 0 Å². The van der Waals surface area contributed by atoms with Crippen molar-refractivity contribution in [2.24, 2.45) is 0 Å². The van der Waals surface area contributed by atoms with Crippen molar-refractivity contribution in [3.63, 3.8) is 0 Å². The van der Waals surface area contributed by atoms with Crippen molar-refractivity contribution in [3.05, 3.63) is 69.9 Å². The number of phenolic OH excluding ortho intramolecular Hbond substituents is 2. The number of nitrogens with zero attached hydrogens (tertiary/aromatic N) is 1. The summed E-state index contributed by atoms with van der Waals surface area (Å²) in [6.07, 6.45) is 4.49. The highest BCUT2D eigenvalue weighted by atomic mass is 16.5. The molecule has 0 bridgehead atoms. The number of ketones is 3. The number of carbonyl (C=O) groups excluding carboxylic acids is 3. The maximum Gasteiger partial charge on any atom is 0.194 e. The van der Waals surface area contributed by atoms with Gasteiger partial charge >= 0.3 is 0 Å². The van der Waals surface area contributed by atoms with Gasteiger partial charge in [-0.1, -0.05) is 0 Å². The molecule has 32 heavy (non-hydrogen) atoms. The zero-order chi connectivity index (χ0) is 23.4. The summed E-state index contributed by atoms with van der Waals surface area (Å²) in [5.74, 6) is -2.45. The van der Waals surface area contributed by atoms with Crippen LogP contribution in [0.15, 0.2) is 47.6 Å². The minimum absolute atomic E-state index is 0.0102. The highest BCUT2D eigenvalue weighted by molar-refractivity contribution is 6.31. The second kappa shape index (κ2) is 7.33. The van der Waals surface area contributed by atoms with Gasteiger partial charge in [-0.15, -0.1) is 0 Å². The second-order valence-electron chi connectivity index (χ2n) is 8.10. The number of allylic oxidation sites excluding steroid dienone is 4. The van der Waals surface area contributed by atoms with Gasteiger partial charge < -0.3 is 20.3 Å². The van der Waals surface area contributed by atoms with E-state index in [-0.39, 0.29) is 39.5 Å². The Labute approximate surface area is 184 Å².